The van der Waals surface area contributed by atoms with Crippen LogP contribution in [0.15, 0.2) is 6.33 Å². The number of tetrazole rings is 1. The van der Waals surface area contributed by atoms with Gasteiger partial charge in [0.2, 0.25) is 0 Å². The van der Waals surface area contributed by atoms with Crippen molar-refractivity contribution < 1.29 is 0 Å². The highest BCUT2D eigenvalue weighted by Gasteiger charge is 2.31. The van der Waals surface area contributed by atoms with Gasteiger partial charge in [0.1, 0.15) is 0 Å². The SMILES string of the molecule is c1nc2c(n1[C@@H]1CCN(Cc3nnnn3C3CC3)C1)CCCC2. The van der Waals surface area contributed by atoms with E-state index < -0.39 is 0 Å². The second-order valence-corrected chi connectivity index (χ2v) is 7.20. The summed E-state index contributed by atoms with van der Waals surface area (Å²) in [4.78, 5) is 7.15. The number of rotatable bonds is 4. The summed E-state index contributed by atoms with van der Waals surface area (Å²) in [6.07, 6.45) is 10.7. The van der Waals surface area contributed by atoms with Gasteiger partial charge < -0.3 is 4.57 Å². The van der Waals surface area contributed by atoms with E-state index in [9.17, 15) is 0 Å². The van der Waals surface area contributed by atoms with Gasteiger partial charge in [0.25, 0.3) is 0 Å². The Morgan fingerprint density at radius 3 is 2.91 bits per heavy atom. The monoisotopic (exact) mass is 313 g/mol. The fraction of sp³-hybridized carbons (Fsp3) is 0.750. The lowest BCUT2D eigenvalue weighted by molar-refractivity contribution is 0.299. The predicted molar refractivity (Wildman–Crippen MR) is 83.9 cm³/mol. The van der Waals surface area contributed by atoms with Crippen molar-refractivity contribution in [3.63, 3.8) is 0 Å². The highest BCUT2D eigenvalue weighted by molar-refractivity contribution is 5.17. The molecule has 23 heavy (non-hydrogen) atoms. The molecule has 0 bridgehead atoms. The molecule has 7 nitrogen and oxygen atoms in total. The number of hydrogen-bond donors (Lipinski definition) is 0. The molecule has 0 aromatic carbocycles. The van der Waals surface area contributed by atoms with Crippen LogP contribution in [0.1, 0.15) is 61.4 Å². The first-order valence-electron chi connectivity index (χ1n) is 8.92. The van der Waals surface area contributed by atoms with Crippen molar-refractivity contribution in [3.8, 4) is 0 Å². The van der Waals surface area contributed by atoms with Crippen LogP contribution in [0.3, 0.4) is 0 Å². The molecule has 2 aromatic rings. The number of aromatic nitrogens is 6. The predicted octanol–water partition coefficient (Wildman–Crippen LogP) is 1.53. The first kappa shape index (κ1) is 13.7. The van der Waals surface area contributed by atoms with Gasteiger partial charge in [-0.25, -0.2) is 9.67 Å². The smallest absolute Gasteiger partial charge is 0.165 e. The third-order valence-electron chi connectivity index (χ3n) is 5.52. The molecule has 1 saturated carbocycles. The number of imidazole rings is 1. The Morgan fingerprint density at radius 1 is 1.09 bits per heavy atom. The summed E-state index contributed by atoms with van der Waals surface area (Å²) in [5.74, 6) is 1.03. The molecule has 3 aliphatic rings. The van der Waals surface area contributed by atoms with E-state index >= 15 is 0 Å². The Hall–Kier alpha value is -1.76. The third kappa shape index (κ3) is 2.47. The maximum Gasteiger partial charge on any atom is 0.165 e. The molecule has 2 fully saturated rings. The Labute approximate surface area is 135 Å². The van der Waals surface area contributed by atoms with E-state index in [0.29, 0.717) is 12.1 Å². The molecule has 5 rings (SSSR count). The minimum Gasteiger partial charge on any atom is -0.330 e. The van der Waals surface area contributed by atoms with Crippen LogP contribution in [0.2, 0.25) is 0 Å². The van der Waals surface area contributed by atoms with Crippen LogP contribution in [-0.4, -0.2) is 47.7 Å². The Kier molecular flexibility index (Phi) is 3.21. The molecule has 1 aliphatic heterocycles. The van der Waals surface area contributed by atoms with Crippen LogP contribution in [0.25, 0.3) is 0 Å². The summed E-state index contributed by atoms with van der Waals surface area (Å²) in [5, 5.41) is 12.3. The number of hydrogen-bond acceptors (Lipinski definition) is 5. The van der Waals surface area contributed by atoms with E-state index in [2.05, 4.69) is 36.3 Å². The largest absolute Gasteiger partial charge is 0.330 e. The lowest BCUT2D eigenvalue weighted by atomic mass is 10.0. The van der Waals surface area contributed by atoms with Gasteiger partial charge in [0, 0.05) is 24.8 Å². The molecule has 122 valence electrons. The molecule has 2 aliphatic carbocycles. The first-order valence-corrected chi connectivity index (χ1v) is 8.92. The molecule has 3 heterocycles. The minimum absolute atomic E-state index is 0.555. The fourth-order valence-electron chi connectivity index (χ4n) is 4.11. The highest BCUT2D eigenvalue weighted by atomic mass is 15.6. The molecular weight excluding hydrogens is 290 g/mol. The molecule has 0 N–H and O–H groups in total. The lowest BCUT2D eigenvalue weighted by Crippen LogP contribution is -2.24. The molecular formula is C16H23N7. The Morgan fingerprint density at radius 2 is 2.00 bits per heavy atom. The number of fused-ring (bicyclic) bond motifs is 1. The van der Waals surface area contributed by atoms with Gasteiger partial charge in [-0.15, -0.1) is 5.10 Å². The van der Waals surface area contributed by atoms with Gasteiger partial charge in [0.15, 0.2) is 5.82 Å². The van der Waals surface area contributed by atoms with Gasteiger partial charge in [-0.05, 0) is 55.4 Å². The second kappa shape index (κ2) is 5.40. The Bertz CT molecular complexity index is 699. The zero-order valence-corrected chi connectivity index (χ0v) is 13.4. The van der Waals surface area contributed by atoms with Crippen molar-refractivity contribution in [3.05, 3.63) is 23.5 Å². The second-order valence-electron chi connectivity index (χ2n) is 7.20. The van der Waals surface area contributed by atoms with Crippen molar-refractivity contribution in [1.29, 1.82) is 0 Å². The molecule has 0 spiro atoms. The average molecular weight is 313 g/mol. The summed E-state index contributed by atoms with van der Waals surface area (Å²) < 4.78 is 4.49. The lowest BCUT2D eigenvalue weighted by Gasteiger charge is -2.20. The fourth-order valence-corrected chi connectivity index (χ4v) is 4.11. The maximum atomic E-state index is 4.66. The third-order valence-corrected chi connectivity index (χ3v) is 5.52. The van der Waals surface area contributed by atoms with Crippen molar-refractivity contribution in [2.75, 3.05) is 13.1 Å². The summed E-state index contributed by atoms with van der Waals surface area (Å²) >= 11 is 0. The minimum atomic E-state index is 0.555. The number of nitrogens with zero attached hydrogens (tertiary/aromatic N) is 7. The van der Waals surface area contributed by atoms with Crippen LogP contribution in [-0.2, 0) is 19.4 Å². The molecule has 0 amide bonds. The molecule has 7 heteroatoms. The first-order chi connectivity index (χ1) is 11.4. The van der Waals surface area contributed by atoms with Crippen molar-refractivity contribution in [1.82, 2.24) is 34.7 Å². The van der Waals surface area contributed by atoms with E-state index in [-0.39, 0.29) is 0 Å². The quantitative estimate of drug-likeness (QED) is 0.856. The van der Waals surface area contributed by atoms with E-state index in [1.165, 1.54) is 49.9 Å². The van der Waals surface area contributed by atoms with Gasteiger partial charge in [-0.3, -0.25) is 4.90 Å². The van der Waals surface area contributed by atoms with Gasteiger partial charge in [0.05, 0.1) is 24.6 Å². The van der Waals surface area contributed by atoms with Crippen LogP contribution >= 0.6 is 0 Å². The number of aryl methyl sites for hydroxylation is 1. The van der Waals surface area contributed by atoms with E-state index in [0.717, 1.165) is 31.9 Å². The summed E-state index contributed by atoms with van der Waals surface area (Å²) in [7, 11) is 0. The number of likely N-dealkylation sites (tertiary alicyclic amines) is 1. The average Bonchev–Trinajstić information content (AvgIpc) is 3.00. The normalized spacial score (nSPS) is 25.0. The topological polar surface area (TPSA) is 64.7 Å². The van der Waals surface area contributed by atoms with Crippen molar-refractivity contribution >= 4 is 0 Å². The van der Waals surface area contributed by atoms with Gasteiger partial charge >= 0.3 is 0 Å². The zero-order valence-electron chi connectivity index (χ0n) is 13.4. The van der Waals surface area contributed by atoms with Crippen LogP contribution in [0.4, 0.5) is 0 Å². The molecule has 0 radical (unpaired) electrons. The molecule has 0 unspecified atom stereocenters. The Balaban J connectivity index is 1.29. The van der Waals surface area contributed by atoms with Gasteiger partial charge in [-0.2, -0.15) is 0 Å². The zero-order chi connectivity index (χ0) is 15.2. The van der Waals surface area contributed by atoms with Crippen LogP contribution < -0.4 is 0 Å². The standard InChI is InChI=1S/C16H23N7/c1-2-4-15-14(3-1)17-11-22(15)13-7-8-21(9-13)10-16-18-19-20-23(16)12-5-6-12/h11-13H,1-10H2/t13-/m1/s1. The molecule has 1 atom stereocenters. The molecule has 2 aromatic heterocycles. The van der Waals surface area contributed by atoms with Crippen molar-refractivity contribution in [2.45, 2.75) is 63.6 Å². The molecule has 1 saturated heterocycles. The summed E-state index contributed by atoms with van der Waals surface area (Å²) in [6.45, 7) is 3.08. The maximum absolute atomic E-state index is 4.66. The van der Waals surface area contributed by atoms with Gasteiger partial charge in [-0.1, -0.05) is 0 Å². The van der Waals surface area contributed by atoms with E-state index in [1.54, 1.807) is 0 Å². The summed E-state index contributed by atoms with van der Waals surface area (Å²) in [5.41, 5.74) is 2.83. The van der Waals surface area contributed by atoms with Crippen LogP contribution in [0, 0.1) is 0 Å². The van der Waals surface area contributed by atoms with E-state index in [4.69, 9.17) is 0 Å². The van der Waals surface area contributed by atoms with E-state index in [1.807, 2.05) is 4.68 Å². The van der Waals surface area contributed by atoms with Crippen molar-refractivity contribution in [2.24, 2.45) is 0 Å². The highest BCUT2D eigenvalue weighted by Crippen LogP contribution is 2.35. The summed E-state index contributed by atoms with van der Waals surface area (Å²) in [6, 6.07) is 1.12. The van der Waals surface area contributed by atoms with Crippen LogP contribution in [0.5, 0.6) is 0 Å².